The van der Waals surface area contributed by atoms with Crippen LogP contribution in [0.15, 0.2) is 60.9 Å². The number of fused-ring (bicyclic) bond motifs is 1. The van der Waals surface area contributed by atoms with E-state index in [2.05, 4.69) is 79.7 Å². The largest absolute Gasteiger partial charge is 0.466 e. The van der Waals surface area contributed by atoms with Gasteiger partial charge in [0.2, 0.25) is 0 Å². The number of nitrogens with one attached hydrogen (secondary N) is 1. The van der Waals surface area contributed by atoms with E-state index in [0.29, 0.717) is 37.1 Å². The SMILES string of the molecule is CCOC(=O)CC1CCC(c2ccc(-c3ccc4nc(C(O)NCc5c(C)cc(C)cc5C)cn4c3)cc2)CC1. The van der Waals surface area contributed by atoms with Gasteiger partial charge in [-0.15, -0.1) is 0 Å². The third-order valence-electron chi connectivity index (χ3n) is 8.39. The Morgan fingerprint density at radius 3 is 2.35 bits per heavy atom. The van der Waals surface area contributed by atoms with E-state index in [0.717, 1.165) is 42.5 Å². The van der Waals surface area contributed by atoms with Gasteiger partial charge >= 0.3 is 5.97 Å². The molecule has 0 spiro atoms. The van der Waals surface area contributed by atoms with E-state index < -0.39 is 6.23 Å². The highest BCUT2D eigenvalue weighted by Gasteiger charge is 2.24. The Kier molecular flexibility index (Phi) is 8.67. The molecule has 2 heterocycles. The number of rotatable bonds is 9. The van der Waals surface area contributed by atoms with Gasteiger partial charge in [0.1, 0.15) is 17.6 Å². The minimum Gasteiger partial charge on any atom is -0.466 e. The molecule has 1 aliphatic carbocycles. The number of aliphatic hydroxyl groups excluding tert-OH is 1. The lowest BCUT2D eigenvalue weighted by atomic mass is 9.77. The molecule has 0 radical (unpaired) electrons. The molecular weight excluding hydrogens is 498 g/mol. The fourth-order valence-electron chi connectivity index (χ4n) is 6.21. The highest BCUT2D eigenvalue weighted by Crippen LogP contribution is 2.37. The van der Waals surface area contributed by atoms with E-state index in [9.17, 15) is 9.90 Å². The minimum atomic E-state index is -0.852. The number of benzene rings is 2. The number of imidazole rings is 1. The molecule has 1 unspecified atom stereocenters. The number of carbonyl (C=O) groups excluding carboxylic acids is 1. The first-order valence-electron chi connectivity index (χ1n) is 14.5. The number of ether oxygens (including phenoxy) is 1. The smallest absolute Gasteiger partial charge is 0.306 e. The van der Waals surface area contributed by atoms with Gasteiger partial charge in [-0.3, -0.25) is 10.1 Å². The zero-order chi connectivity index (χ0) is 28.2. The lowest BCUT2D eigenvalue weighted by Crippen LogP contribution is -2.21. The van der Waals surface area contributed by atoms with Gasteiger partial charge in [0.25, 0.3) is 0 Å². The molecule has 210 valence electrons. The van der Waals surface area contributed by atoms with Crippen molar-refractivity contribution < 1.29 is 14.6 Å². The number of pyridine rings is 1. The van der Waals surface area contributed by atoms with Gasteiger partial charge in [-0.1, -0.05) is 42.0 Å². The lowest BCUT2D eigenvalue weighted by Gasteiger charge is -2.28. The Hall–Kier alpha value is -3.48. The third-order valence-corrected chi connectivity index (χ3v) is 8.39. The van der Waals surface area contributed by atoms with Crippen LogP contribution in [0.5, 0.6) is 0 Å². The summed E-state index contributed by atoms with van der Waals surface area (Å²) >= 11 is 0. The molecule has 0 amide bonds. The molecule has 1 atom stereocenters. The number of carbonyl (C=O) groups is 1. The molecule has 0 bridgehead atoms. The van der Waals surface area contributed by atoms with Crippen LogP contribution in [0.4, 0.5) is 0 Å². The summed E-state index contributed by atoms with van der Waals surface area (Å²) in [6, 6.07) is 17.3. The van der Waals surface area contributed by atoms with Crippen molar-refractivity contribution in [2.75, 3.05) is 6.61 Å². The van der Waals surface area contributed by atoms with Crippen molar-refractivity contribution in [2.45, 2.75) is 78.5 Å². The quantitative estimate of drug-likeness (QED) is 0.178. The molecule has 40 heavy (non-hydrogen) atoms. The Balaban J connectivity index is 1.21. The minimum absolute atomic E-state index is 0.0597. The predicted octanol–water partition coefficient (Wildman–Crippen LogP) is 6.93. The molecule has 2 aromatic heterocycles. The molecule has 2 N–H and O–H groups in total. The molecule has 0 saturated heterocycles. The van der Waals surface area contributed by atoms with Crippen molar-refractivity contribution in [3.63, 3.8) is 0 Å². The van der Waals surface area contributed by atoms with Crippen molar-refractivity contribution in [1.82, 2.24) is 14.7 Å². The fraction of sp³-hybridized carbons (Fsp3) is 0.412. The van der Waals surface area contributed by atoms with Crippen LogP contribution in [0.1, 0.15) is 84.7 Å². The van der Waals surface area contributed by atoms with Crippen molar-refractivity contribution >= 4 is 11.6 Å². The van der Waals surface area contributed by atoms with Gasteiger partial charge in [-0.25, -0.2) is 4.98 Å². The number of esters is 1. The van der Waals surface area contributed by atoms with E-state index in [1.165, 1.54) is 27.8 Å². The van der Waals surface area contributed by atoms with E-state index >= 15 is 0 Å². The van der Waals surface area contributed by atoms with E-state index in [1.807, 2.05) is 23.6 Å². The van der Waals surface area contributed by atoms with Crippen LogP contribution in [-0.4, -0.2) is 27.1 Å². The number of hydrogen-bond acceptors (Lipinski definition) is 5. The van der Waals surface area contributed by atoms with Gasteiger partial charge < -0.3 is 14.2 Å². The van der Waals surface area contributed by atoms with Crippen LogP contribution in [0.2, 0.25) is 0 Å². The van der Waals surface area contributed by atoms with E-state index in [-0.39, 0.29) is 5.97 Å². The Morgan fingerprint density at radius 1 is 1.00 bits per heavy atom. The standard InChI is InChI=1S/C34H41N3O3/c1-5-40-33(38)18-25-6-8-26(9-7-25)27-10-12-28(13-11-27)29-14-15-32-36-31(21-37(32)20-29)34(39)35-19-30-23(3)16-22(2)17-24(30)4/h10-17,20-21,25-26,34-35,39H,5-9,18-19H2,1-4H3. The molecule has 5 rings (SSSR count). The first-order valence-corrected chi connectivity index (χ1v) is 14.5. The summed E-state index contributed by atoms with van der Waals surface area (Å²) in [5.41, 5.74) is 9.96. The van der Waals surface area contributed by atoms with Crippen molar-refractivity contribution in [1.29, 1.82) is 0 Å². The Morgan fingerprint density at radius 2 is 1.68 bits per heavy atom. The molecule has 6 nitrogen and oxygen atoms in total. The van der Waals surface area contributed by atoms with E-state index in [4.69, 9.17) is 4.74 Å². The summed E-state index contributed by atoms with van der Waals surface area (Å²) in [7, 11) is 0. The lowest BCUT2D eigenvalue weighted by molar-refractivity contribution is -0.144. The summed E-state index contributed by atoms with van der Waals surface area (Å²) in [5.74, 6) is 0.939. The van der Waals surface area contributed by atoms with Crippen molar-refractivity contribution in [3.8, 4) is 11.1 Å². The number of nitrogens with zero attached hydrogens (tertiary/aromatic N) is 2. The van der Waals surface area contributed by atoms with E-state index in [1.54, 1.807) is 0 Å². The van der Waals surface area contributed by atoms with Crippen LogP contribution < -0.4 is 5.32 Å². The zero-order valence-corrected chi connectivity index (χ0v) is 24.1. The van der Waals surface area contributed by atoms with Crippen molar-refractivity contribution in [3.05, 3.63) is 94.4 Å². The van der Waals surface area contributed by atoms with Crippen molar-refractivity contribution in [2.24, 2.45) is 5.92 Å². The van der Waals surface area contributed by atoms with Crippen LogP contribution in [0, 0.1) is 26.7 Å². The highest BCUT2D eigenvalue weighted by atomic mass is 16.5. The second-order valence-electron chi connectivity index (χ2n) is 11.4. The molecule has 1 fully saturated rings. The molecule has 2 aromatic carbocycles. The monoisotopic (exact) mass is 539 g/mol. The summed E-state index contributed by atoms with van der Waals surface area (Å²) in [6.07, 6.45) is 8.06. The summed E-state index contributed by atoms with van der Waals surface area (Å²) in [4.78, 5) is 16.5. The summed E-state index contributed by atoms with van der Waals surface area (Å²) in [5, 5.41) is 14.1. The summed E-state index contributed by atoms with van der Waals surface area (Å²) < 4.78 is 7.11. The molecule has 4 aromatic rings. The highest BCUT2D eigenvalue weighted by molar-refractivity contribution is 5.69. The maximum Gasteiger partial charge on any atom is 0.306 e. The van der Waals surface area contributed by atoms with Crippen LogP contribution in [0.3, 0.4) is 0 Å². The second-order valence-corrected chi connectivity index (χ2v) is 11.4. The van der Waals surface area contributed by atoms with Gasteiger partial charge in [0, 0.05) is 25.4 Å². The fourth-order valence-corrected chi connectivity index (χ4v) is 6.21. The molecule has 0 aliphatic heterocycles. The molecule has 1 saturated carbocycles. The number of aliphatic hydroxyl groups is 1. The molecule has 1 aliphatic rings. The predicted molar refractivity (Wildman–Crippen MR) is 159 cm³/mol. The zero-order valence-electron chi connectivity index (χ0n) is 24.1. The number of hydrogen-bond donors (Lipinski definition) is 2. The molecule has 6 heteroatoms. The maximum atomic E-state index is 11.8. The topological polar surface area (TPSA) is 75.9 Å². The first-order chi connectivity index (χ1) is 19.3. The number of aromatic nitrogens is 2. The van der Waals surface area contributed by atoms with Gasteiger partial charge in [-0.05, 0) is 111 Å². The average molecular weight is 540 g/mol. The Bertz CT molecular complexity index is 1440. The van der Waals surface area contributed by atoms with Gasteiger partial charge in [0.05, 0.1) is 6.61 Å². The number of aryl methyl sites for hydroxylation is 3. The van der Waals surface area contributed by atoms with Crippen LogP contribution in [0.25, 0.3) is 16.8 Å². The maximum absolute atomic E-state index is 11.8. The Labute approximate surface area is 237 Å². The summed E-state index contributed by atoms with van der Waals surface area (Å²) in [6.45, 7) is 9.23. The van der Waals surface area contributed by atoms with Crippen LogP contribution in [-0.2, 0) is 16.1 Å². The second kappa shape index (κ2) is 12.4. The molecular formula is C34H41N3O3. The normalized spacial score (nSPS) is 18.1. The third kappa shape index (κ3) is 6.45. The average Bonchev–Trinajstić information content (AvgIpc) is 3.37. The van der Waals surface area contributed by atoms with Gasteiger partial charge in [0.15, 0.2) is 0 Å². The van der Waals surface area contributed by atoms with Crippen LogP contribution >= 0.6 is 0 Å². The van der Waals surface area contributed by atoms with Gasteiger partial charge in [-0.2, -0.15) is 0 Å². The first kappa shape index (κ1) is 28.1.